The molecule has 0 aliphatic rings. The number of aromatic nitrogens is 5. The third kappa shape index (κ3) is 4.41. The molecule has 37 heavy (non-hydrogen) atoms. The number of amides is 1. The maximum absolute atomic E-state index is 13.0. The van der Waals surface area contributed by atoms with Crippen molar-refractivity contribution in [3.05, 3.63) is 90.0 Å². The Kier molecular flexibility index (Phi) is 5.96. The molecule has 3 aromatic heterocycles. The predicted molar refractivity (Wildman–Crippen MR) is 131 cm³/mol. The molecule has 3 heterocycles. The number of hydrogen-bond acceptors (Lipinski definition) is 10. The van der Waals surface area contributed by atoms with Crippen LogP contribution < -0.4 is 5.32 Å². The van der Waals surface area contributed by atoms with Gasteiger partial charge >= 0.3 is 0 Å². The van der Waals surface area contributed by atoms with E-state index in [1.165, 1.54) is 47.7 Å². The number of nitrogens with zero attached hydrogens (tertiary/aromatic N) is 9. The lowest BCUT2D eigenvalue weighted by molar-refractivity contribution is 0.102. The number of nitrogens with one attached hydrogen (secondary N) is 1. The van der Waals surface area contributed by atoms with Crippen LogP contribution in [0.4, 0.5) is 17.3 Å². The highest BCUT2D eigenvalue weighted by molar-refractivity contribution is 6.11. The lowest BCUT2D eigenvalue weighted by Gasteiger charge is -2.11. The molecule has 2 aromatic carbocycles. The van der Waals surface area contributed by atoms with Crippen molar-refractivity contribution in [3.63, 3.8) is 0 Å². The third-order valence-corrected chi connectivity index (χ3v) is 5.22. The smallest absolute Gasteiger partial charge is 0.260 e. The first-order valence-electron chi connectivity index (χ1n) is 10.7. The summed E-state index contributed by atoms with van der Waals surface area (Å²) in [4.78, 5) is 25.3. The van der Waals surface area contributed by atoms with Gasteiger partial charge in [0.1, 0.15) is 29.2 Å². The summed E-state index contributed by atoms with van der Waals surface area (Å²) in [6.45, 7) is 0. The van der Waals surface area contributed by atoms with Crippen LogP contribution in [0, 0.1) is 22.7 Å². The average Bonchev–Trinajstić information content (AvgIpc) is 3.36. The minimum Gasteiger partial charge on any atom is -0.505 e. The van der Waals surface area contributed by atoms with E-state index in [4.69, 9.17) is 5.26 Å². The van der Waals surface area contributed by atoms with E-state index in [-0.39, 0.29) is 34.4 Å². The van der Waals surface area contributed by atoms with Gasteiger partial charge in [-0.3, -0.25) is 4.79 Å². The number of hydrogen-bond donors (Lipinski definition) is 2. The Morgan fingerprint density at radius 3 is 2.51 bits per heavy atom. The van der Waals surface area contributed by atoms with Crippen molar-refractivity contribution in [2.24, 2.45) is 10.2 Å². The van der Waals surface area contributed by atoms with Crippen molar-refractivity contribution in [3.8, 4) is 23.8 Å². The monoisotopic (exact) mass is 486 g/mol. The molecule has 0 bridgehead atoms. The summed E-state index contributed by atoms with van der Waals surface area (Å²) < 4.78 is 1.24. The SMILES string of the molecule is N#Cc1ccc(NC(=O)c2cc3ccccc3c(/N=N/c3c(C#N)cnn3-c3ncccn3)c2O)nc1. The largest absolute Gasteiger partial charge is 0.505 e. The van der Waals surface area contributed by atoms with E-state index in [2.05, 4.69) is 35.6 Å². The first-order chi connectivity index (χ1) is 18.1. The van der Waals surface area contributed by atoms with Crippen LogP contribution in [0.5, 0.6) is 5.75 Å². The number of anilines is 1. The molecular weight excluding hydrogens is 472 g/mol. The summed E-state index contributed by atoms with van der Waals surface area (Å²) >= 11 is 0. The number of azo groups is 1. The fraction of sp³-hybridized carbons (Fsp3) is 0. The van der Waals surface area contributed by atoms with Crippen molar-refractivity contribution < 1.29 is 9.90 Å². The number of pyridine rings is 1. The molecule has 0 spiro atoms. The van der Waals surface area contributed by atoms with Crippen LogP contribution in [-0.4, -0.2) is 35.7 Å². The molecule has 0 atom stereocenters. The molecule has 0 aliphatic carbocycles. The van der Waals surface area contributed by atoms with Crippen molar-refractivity contribution >= 4 is 34.0 Å². The topological polar surface area (TPSA) is 178 Å². The Bertz CT molecular complexity index is 1750. The number of fused-ring (bicyclic) bond motifs is 1. The maximum Gasteiger partial charge on any atom is 0.260 e. The Balaban J connectivity index is 1.58. The number of phenolic OH excluding ortho intramolecular Hbond substituents is 1. The molecule has 0 fully saturated rings. The van der Waals surface area contributed by atoms with Crippen molar-refractivity contribution in [2.75, 3.05) is 5.32 Å². The fourth-order valence-electron chi connectivity index (χ4n) is 3.47. The molecule has 5 aromatic rings. The van der Waals surface area contributed by atoms with Crippen LogP contribution in [0.3, 0.4) is 0 Å². The van der Waals surface area contributed by atoms with Gasteiger partial charge in [0, 0.05) is 24.0 Å². The van der Waals surface area contributed by atoms with Gasteiger partial charge in [0.05, 0.1) is 17.3 Å². The minimum absolute atomic E-state index is 0.0154. The first kappa shape index (κ1) is 22.8. The number of aromatic hydroxyl groups is 1. The number of phenols is 1. The van der Waals surface area contributed by atoms with Crippen LogP contribution in [0.2, 0.25) is 0 Å². The van der Waals surface area contributed by atoms with E-state index in [9.17, 15) is 15.2 Å². The van der Waals surface area contributed by atoms with E-state index >= 15 is 0 Å². The van der Waals surface area contributed by atoms with Gasteiger partial charge in [0.2, 0.25) is 0 Å². The number of carbonyl (C=O) groups excluding carboxylic acids is 1. The summed E-state index contributed by atoms with van der Waals surface area (Å²) in [5.41, 5.74) is 0.396. The van der Waals surface area contributed by atoms with E-state index in [0.29, 0.717) is 16.3 Å². The van der Waals surface area contributed by atoms with Crippen molar-refractivity contribution in [1.29, 1.82) is 10.5 Å². The second-order valence-corrected chi connectivity index (χ2v) is 7.49. The van der Waals surface area contributed by atoms with E-state index < -0.39 is 11.7 Å². The van der Waals surface area contributed by atoms with Crippen molar-refractivity contribution in [2.45, 2.75) is 0 Å². The maximum atomic E-state index is 13.0. The Hall–Kier alpha value is -6.01. The third-order valence-electron chi connectivity index (χ3n) is 5.22. The van der Waals surface area contributed by atoms with Crippen LogP contribution in [0.25, 0.3) is 16.7 Å². The van der Waals surface area contributed by atoms with Gasteiger partial charge in [-0.1, -0.05) is 24.3 Å². The standard InChI is InChI=1S/C25H14N10O2/c26-11-15-6-7-20(30-13-15)32-24(37)19-10-16-4-1-2-5-18(16)21(22(19)36)33-34-23-17(12-27)14-31-35(23)25-28-8-3-9-29-25/h1-10,13-14,36H,(H,30,32,37)/b34-33+. The zero-order valence-electron chi connectivity index (χ0n) is 18.8. The molecule has 1 amide bonds. The van der Waals surface area contributed by atoms with Crippen LogP contribution >= 0.6 is 0 Å². The van der Waals surface area contributed by atoms with Gasteiger partial charge in [0.25, 0.3) is 11.9 Å². The summed E-state index contributed by atoms with van der Waals surface area (Å²) in [6, 6.07) is 17.1. The predicted octanol–water partition coefficient (Wildman–Crippen LogP) is 4.33. The number of carbonyl (C=O) groups is 1. The summed E-state index contributed by atoms with van der Waals surface area (Å²) in [5, 5.41) is 45.8. The molecule has 0 unspecified atom stereocenters. The molecule has 5 rings (SSSR count). The quantitative estimate of drug-likeness (QED) is 0.345. The molecular formula is C25H14N10O2. The van der Waals surface area contributed by atoms with E-state index in [1.807, 2.05) is 12.1 Å². The van der Waals surface area contributed by atoms with Gasteiger partial charge in [-0.25, -0.2) is 15.0 Å². The molecule has 2 N–H and O–H groups in total. The highest BCUT2D eigenvalue weighted by Gasteiger charge is 2.20. The van der Waals surface area contributed by atoms with Gasteiger partial charge in [-0.15, -0.1) is 10.2 Å². The Labute approximate surface area is 208 Å². The summed E-state index contributed by atoms with van der Waals surface area (Å²) in [5.74, 6) is -0.638. The molecule has 0 aliphatic heterocycles. The zero-order chi connectivity index (χ0) is 25.8. The highest BCUT2D eigenvalue weighted by atomic mass is 16.3. The summed E-state index contributed by atoms with van der Waals surface area (Å²) in [7, 11) is 0. The minimum atomic E-state index is -0.641. The normalized spacial score (nSPS) is 10.8. The van der Waals surface area contributed by atoms with Gasteiger partial charge < -0.3 is 10.4 Å². The molecule has 0 radical (unpaired) electrons. The van der Waals surface area contributed by atoms with Gasteiger partial charge in [0.15, 0.2) is 11.6 Å². The van der Waals surface area contributed by atoms with E-state index in [0.717, 1.165) is 0 Å². The van der Waals surface area contributed by atoms with Crippen LogP contribution in [0.1, 0.15) is 21.5 Å². The Morgan fingerprint density at radius 1 is 0.973 bits per heavy atom. The number of benzene rings is 2. The molecule has 12 heteroatoms. The highest BCUT2D eigenvalue weighted by Crippen LogP contribution is 2.40. The van der Waals surface area contributed by atoms with Crippen LogP contribution in [0.15, 0.2) is 83.5 Å². The van der Waals surface area contributed by atoms with Crippen molar-refractivity contribution in [1.82, 2.24) is 24.7 Å². The van der Waals surface area contributed by atoms with Gasteiger partial charge in [-0.2, -0.15) is 20.3 Å². The Morgan fingerprint density at radius 2 is 1.78 bits per heavy atom. The molecule has 0 saturated heterocycles. The lowest BCUT2D eigenvalue weighted by Crippen LogP contribution is -2.13. The van der Waals surface area contributed by atoms with E-state index in [1.54, 1.807) is 30.3 Å². The molecule has 176 valence electrons. The first-order valence-corrected chi connectivity index (χ1v) is 10.7. The zero-order valence-corrected chi connectivity index (χ0v) is 18.8. The second kappa shape index (κ2) is 9.69. The average molecular weight is 486 g/mol. The van der Waals surface area contributed by atoms with Gasteiger partial charge in [-0.05, 0) is 29.7 Å². The second-order valence-electron chi connectivity index (χ2n) is 7.49. The summed E-state index contributed by atoms with van der Waals surface area (Å²) in [6.07, 6.45) is 5.65. The fourth-order valence-corrected chi connectivity index (χ4v) is 3.47. The van der Waals surface area contributed by atoms with Crippen LogP contribution in [-0.2, 0) is 0 Å². The number of rotatable bonds is 5. The lowest BCUT2D eigenvalue weighted by atomic mass is 10.0. The molecule has 12 nitrogen and oxygen atoms in total. The molecule has 0 saturated carbocycles. The number of nitriles is 2.